The average Bonchev–Trinajstić information content (AvgIpc) is 2.78. The summed E-state index contributed by atoms with van der Waals surface area (Å²) >= 11 is 0. The number of likely N-dealkylation sites (tertiary alicyclic amines) is 1. The largest absolute Gasteiger partial charge is 0.573 e. The van der Waals surface area contributed by atoms with Crippen LogP contribution in [0.4, 0.5) is 23.2 Å². The Morgan fingerprint density at radius 1 is 1.03 bits per heavy atom. The SMILES string of the molecule is O=C(Nc1ccc(OC(F)(F)F)cc1)C(=O)N1CCC(c2ccnc3ccc(F)cc23)CC1. The molecule has 0 atom stereocenters. The summed E-state index contributed by atoms with van der Waals surface area (Å²) in [5.74, 6) is -2.30. The molecule has 6 nitrogen and oxygen atoms in total. The van der Waals surface area contributed by atoms with Crippen LogP contribution in [-0.2, 0) is 9.59 Å². The second-order valence-corrected chi connectivity index (χ2v) is 7.65. The first kappa shape index (κ1) is 22.5. The van der Waals surface area contributed by atoms with E-state index in [1.165, 1.54) is 29.2 Å². The maximum absolute atomic E-state index is 13.7. The maximum atomic E-state index is 13.7. The first-order valence-electron chi connectivity index (χ1n) is 10.2. The highest BCUT2D eigenvalue weighted by molar-refractivity contribution is 6.39. The van der Waals surface area contributed by atoms with Crippen LogP contribution in [0.1, 0.15) is 24.3 Å². The molecule has 1 aliphatic heterocycles. The average molecular weight is 461 g/mol. The minimum atomic E-state index is -4.82. The second kappa shape index (κ2) is 9.05. The van der Waals surface area contributed by atoms with E-state index in [-0.39, 0.29) is 17.4 Å². The van der Waals surface area contributed by atoms with Crippen molar-refractivity contribution in [3.8, 4) is 5.75 Å². The smallest absolute Gasteiger partial charge is 0.406 e. The Morgan fingerprint density at radius 2 is 1.73 bits per heavy atom. The van der Waals surface area contributed by atoms with Crippen LogP contribution in [0, 0.1) is 5.82 Å². The number of rotatable bonds is 3. The fraction of sp³-hybridized carbons (Fsp3) is 0.261. The Morgan fingerprint density at radius 3 is 2.39 bits per heavy atom. The van der Waals surface area contributed by atoms with Crippen molar-refractivity contribution in [1.29, 1.82) is 0 Å². The molecule has 1 saturated heterocycles. The van der Waals surface area contributed by atoms with Crippen LogP contribution >= 0.6 is 0 Å². The number of anilines is 1. The Kier molecular flexibility index (Phi) is 6.17. The molecule has 1 fully saturated rings. The number of carbonyl (C=O) groups is 2. The molecule has 10 heteroatoms. The van der Waals surface area contributed by atoms with Crippen molar-refractivity contribution in [3.63, 3.8) is 0 Å². The van der Waals surface area contributed by atoms with Crippen molar-refractivity contribution in [2.24, 2.45) is 0 Å². The van der Waals surface area contributed by atoms with Gasteiger partial charge in [0.05, 0.1) is 5.52 Å². The molecule has 3 aromatic rings. The molecule has 0 saturated carbocycles. The van der Waals surface area contributed by atoms with E-state index in [2.05, 4.69) is 15.0 Å². The first-order chi connectivity index (χ1) is 15.7. The monoisotopic (exact) mass is 461 g/mol. The molecule has 0 bridgehead atoms. The van der Waals surface area contributed by atoms with Crippen LogP contribution in [0.15, 0.2) is 54.7 Å². The van der Waals surface area contributed by atoms with Crippen molar-refractivity contribution in [3.05, 3.63) is 66.1 Å². The Hall–Kier alpha value is -3.69. The lowest BCUT2D eigenvalue weighted by atomic mass is 9.87. The molecule has 2 amide bonds. The number of hydrogen-bond donors (Lipinski definition) is 1. The standard InChI is InChI=1S/C23H19F4N3O3/c24-15-1-6-20-19(13-15)18(7-10-28-20)14-8-11-30(12-9-14)22(32)21(31)29-16-2-4-17(5-3-16)33-23(25,26)27/h1-7,10,13-14H,8-9,11-12H2,(H,29,31). The molecule has 4 rings (SSSR count). The zero-order valence-corrected chi connectivity index (χ0v) is 17.2. The van der Waals surface area contributed by atoms with Gasteiger partial charge in [-0.2, -0.15) is 0 Å². The van der Waals surface area contributed by atoms with E-state index < -0.39 is 23.9 Å². The van der Waals surface area contributed by atoms with Gasteiger partial charge in [0.2, 0.25) is 0 Å². The van der Waals surface area contributed by atoms with Crippen molar-refractivity contribution in [1.82, 2.24) is 9.88 Å². The summed E-state index contributed by atoms with van der Waals surface area (Å²) in [5, 5.41) is 3.12. The summed E-state index contributed by atoms with van der Waals surface area (Å²) in [6.07, 6.45) is -1.95. The van der Waals surface area contributed by atoms with Gasteiger partial charge in [-0.25, -0.2) is 4.39 Å². The lowest BCUT2D eigenvalue weighted by Crippen LogP contribution is -2.43. The van der Waals surface area contributed by atoms with E-state index in [1.54, 1.807) is 12.3 Å². The van der Waals surface area contributed by atoms with E-state index in [1.807, 2.05) is 6.07 Å². The molecule has 0 radical (unpaired) electrons. The normalized spacial score (nSPS) is 14.8. The Balaban J connectivity index is 1.36. The number of piperidine rings is 1. The van der Waals surface area contributed by atoms with Crippen LogP contribution < -0.4 is 10.1 Å². The Bertz CT molecular complexity index is 1170. The summed E-state index contributed by atoms with van der Waals surface area (Å²) in [7, 11) is 0. The number of halogens is 4. The molecule has 33 heavy (non-hydrogen) atoms. The quantitative estimate of drug-likeness (QED) is 0.457. The molecule has 0 aliphatic carbocycles. The highest BCUT2D eigenvalue weighted by atomic mass is 19.4. The van der Waals surface area contributed by atoms with Gasteiger partial charge >= 0.3 is 18.2 Å². The number of alkyl halides is 3. The molecule has 0 spiro atoms. The van der Waals surface area contributed by atoms with Gasteiger partial charge < -0.3 is 15.0 Å². The van der Waals surface area contributed by atoms with E-state index in [4.69, 9.17) is 0 Å². The van der Waals surface area contributed by atoms with E-state index in [0.29, 0.717) is 31.4 Å². The number of carbonyl (C=O) groups excluding carboxylic acids is 2. The minimum absolute atomic E-state index is 0.0885. The predicted octanol–water partition coefficient (Wildman–Crippen LogP) is 4.62. The summed E-state index contributed by atoms with van der Waals surface area (Å²) in [6, 6.07) is 10.8. The van der Waals surface area contributed by atoms with Gasteiger partial charge in [0.25, 0.3) is 0 Å². The minimum Gasteiger partial charge on any atom is -0.406 e. The van der Waals surface area contributed by atoms with Crippen molar-refractivity contribution < 1.29 is 31.9 Å². The number of nitrogens with one attached hydrogen (secondary N) is 1. The molecule has 2 aromatic carbocycles. The number of aromatic nitrogens is 1. The topological polar surface area (TPSA) is 71.5 Å². The van der Waals surface area contributed by atoms with Crippen LogP contribution in [0.3, 0.4) is 0 Å². The zero-order chi connectivity index (χ0) is 23.6. The number of ether oxygens (including phenoxy) is 1. The number of amides is 2. The van der Waals surface area contributed by atoms with Gasteiger partial charge in [-0.1, -0.05) is 0 Å². The van der Waals surface area contributed by atoms with Crippen molar-refractivity contribution in [2.45, 2.75) is 25.1 Å². The third-order valence-electron chi connectivity index (χ3n) is 5.50. The van der Waals surface area contributed by atoms with Crippen LogP contribution in [0.2, 0.25) is 0 Å². The van der Waals surface area contributed by atoms with Crippen LogP contribution in [-0.4, -0.2) is 41.2 Å². The number of pyridine rings is 1. The summed E-state index contributed by atoms with van der Waals surface area (Å²) in [6.45, 7) is 0.683. The highest BCUT2D eigenvalue weighted by Gasteiger charge is 2.31. The lowest BCUT2D eigenvalue weighted by molar-refractivity contribution is -0.274. The van der Waals surface area contributed by atoms with Crippen molar-refractivity contribution in [2.75, 3.05) is 18.4 Å². The van der Waals surface area contributed by atoms with Crippen molar-refractivity contribution >= 4 is 28.4 Å². The fourth-order valence-corrected chi connectivity index (χ4v) is 3.96. The number of fused-ring (bicyclic) bond motifs is 1. The Labute approximate surface area is 186 Å². The van der Waals surface area contributed by atoms with Gasteiger partial charge in [0.1, 0.15) is 11.6 Å². The maximum Gasteiger partial charge on any atom is 0.573 e. The van der Waals surface area contributed by atoms with Gasteiger partial charge in [0.15, 0.2) is 0 Å². The van der Waals surface area contributed by atoms with E-state index in [9.17, 15) is 27.2 Å². The fourth-order valence-electron chi connectivity index (χ4n) is 3.96. The number of hydrogen-bond acceptors (Lipinski definition) is 4. The molecular formula is C23H19F4N3O3. The van der Waals surface area contributed by atoms with E-state index in [0.717, 1.165) is 23.1 Å². The molecule has 1 N–H and O–H groups in total. The number of nitrogens with zero attached hydrogens (tertiary/aromatic N) is 2. The second-order valence-electron chi connectivity index (χ2n) is 7.65. The third-order valence-corrected chi connectivity index (χ3v) is 5.50. The first-order valence-corrected chi connectivity index (χ1v) is 10.2. The molecular weight excluding hydrogens is 442 g/mol. The molecule has 172 valence electrons. The van der Waals surface area contributed by atoms with Crippen LogP contribution in [0.25, 0.3) is 10.9 Å². The zero-order valence-electron chi connectivity index (χ0n) is 17.2. The van der Waals surface area contributed by atoms with Gasteiger partial charge in [0, 0.05) is 30.4 Å². The predicted molar refractivity (Wildman–Crippen MR) is 112 cm³/mol. The lowest BCUT2D eigenvalue weighted by Gasteiger charge is -2.32. The summed E-state index contributed by atoms with van der Waals surface area (Å²) in [5.41, 5.74) is 1.82. The third kappa shape index (κ3) is 5.39. The summed E-state index contributed by atoms with van der Waals surface area (Å²) in [4.78, 5) is 30.6. The number of benzene rings is 2. The van der Waals surface area contributed by atoms with Gasteiger partial charge in [-0.3, -0.25) is 14.6 Å². The molecule has 0 unspecified atom stereocenters. The molecule has 1 aromatic heterocycles. The van der Waals surface area contributed by atoms with E-state index >= 15 is 0 Å². The van der Waals surface area contributed by atoms with Gasteiger partial charge in [-0.15, -0.1) is 13.2 Å². The molecule has 2 heterocycles. The van der Waals surface area contributed by atoms with Crippen LogP contribution in [0.5, 0.6) is 5.75 Å². The highest BCUT2D eigenvalue weighted by Crippen LogP contribution is 2.33. The van der Waals surface area contributed by atoms with Gasteiger partial charge in [-0.05, 0) is 72.9 Å². The summed E-state index contributed by atoms with van der Waals surface area (Å²) < 4.78 is 54.2. The molecule has 1 aliphatic rings.